The summed E-state index contributed by atoms with van der Waals surface area (Å²) >= 11 is 3.34. The Balaban J connectivity index is 2.25. The van der Waals surface area contributed by atoms with Crippen LogP contribution in [-0.2, 0) is 11.2 Å². The molecule has 0 amide bonds. The topological polar surface area (TPSA) is 72.6 Å². The van der Waals surface area contributed by atoms with Crippen LogP contribution in [0.3, 0.4) is 0 Å². The average molecular weight is 322 g/mol. The first-order valence-corrected chi connectivity index (χ1v) is 6.38. The number of halogens is 1. The molecule has 0 heterocycles. The molecule has 98 valence electrons. The molecule has 0 radical (unpaired) electrons. The van der Waals surface area contributed by atoms with E-state index in [4.69, 9.17) is 15.6 Å². The first-order chi connectivity index (χ1) is 9.06. The zero-order chi connectivity index (χ0) is 13.8. The number of nitrogen functional groups attached to an aromatic ring is 1. The van der Waals surface area contributed by atoms with E-state index in [1.165, 1.54) is 0 Å². The van der Waals surface area contributed by atoms with Crippen LogP contribution in [0.1, 0.15) is 5.56 Å². The lowest BCUT2D eigenvalue weighted by atomic mass is 10.1. The van der Waals surface area contributed by atoms with Gasteiger partial charge < -0.3 is 15.6 Å². The minimum atomic E-state index is -0.924. The third-order valence-corrected chi connectivity index (χ3v) is 3.07. The Morgan fingerprint density at radius 3 is 2.53 bits per heavy atom. The van der Waals surface area contributed by atoms with E-state index in [9.17, 15) is 4.79 Å². The molecule has 2 aromatic rings. The van der Waals surface area contributed by atoms with Crippen LogP contribution in [0.5, 0.6) is 11.5 Å². The third-order valence-electron chi connectivity index (χ3n) is 2.54. The van der Waals surface area contributed by atoms with Crippen molar-refractivity contribution < 1.29 is 14.6 Å². The number of nitrogens with two attached hydrogens (primary N) is 1. The lowest BCUT2D eigenvalue weighted by Crippen LogP contribution is -2.04. The van der Waals surface area contributed by atoms with Crippen LogP contribution in [-0.4, -0.2) is 11.1 Å². The minimum Gasteiger partial charge on any atom is -0.481 e. The lowest BCUT2D eigenvalue weighted by molar-refractivity contribution is -0.136. The second-order valence-electron chi connectivity index (χ2n) is 3.96. The molecular weight excluding hydrogens is 310 g/mol. The maximum Gasteiger partial charge on any atom is 0.307 e. The van der Waals surface area contributed by atoms with E-state index in [0.29, 0.717) is 22.7 Å². The molecule has 4 nitrogen and oxygen atoms in total. The molecule has 0 aliphatic heterocycles. The molecule has 0 fully saturated rings. The van der Waals surface area contributed by atoms with Crippen molar-refractivity contribution in [3.8, 4) is 11.5 Å². The smallest absolute Gasteiger partial charge is 0.307 e. The number of hydrogen-bond donors (Lipinski definition) is 2. The first-order valence-electron chi connectivity index (χ1n) is 5.59. The van der Waals surface area contributed by atoms with Gasteiger partial charge in [0.2, 0.25) is 0 Å². The number of carbonyl (C=O) groups is 1. The summed E-state index contributed by atoms with van der Waals surface area (Å²) < 4.78 is 6.60. The normalized spacial score (nSPS) is 10.2. The predicted octanol–water partition coefficient (Wildman–Crippen LogP) is 3.45. The molecule has 0 aliphatic carbocycles. The van der Waals surface area contributed by atoms with Gasteiger partial charge in [-0.2, -0.15) is 0 Å². The van der Waals surface area contributed by atoms with Crippen LogP contribution < -0.4 is 10.5 Å². The first kappa shape index (κ1) is 13.4. The molecule has 19 heavy (non-hydrogen) atoms. The SMILES string of the molecule is Nc1c(CC(=O)O)cccc1Oc1ccc(Br)cc1. The van der Waals surface area contributed by atoms with E-state index in [1.807, 2.05) is 12.1 Å². The van der Waals surface area contributed by atoms with Crippen molar-refractivity contribution in [1.29, 1.82) is 0 Å². The Hall–Kier alpha value is -2.01. The van der Waals surface area contributed by atoms with Crippen LogP contribution in [0.4, 0.5) is 5.69 Å². The van der Waals surface area contributed by atoms with Crippen molar-refractivity contribution in [2.75, 3.05) is 5.73 Å². The maximum atomic E-state index is 10.7. The lowest BCUT2D eigenvalue weighted by Gasteiger charge is -2.11. The fraction of sp³-hybridized carbons (Fsp3) is 0.0714. The number of carboxylic acid groups (broad SMARTS) is 1. The summed E-state index contributed by atoms with van der Waals surface area (Å²) in [6, 6.07) is 12.4. The Morgan fingerprint density at radius 1 is 1.21 bits per heavy atom. The van der Waals surface area contributed by atoms with Gasteiger partial charge >= 0.3 is 5.97 Å². The molecule has 0 aliphatic rings. The Labute approximate surface area is 118 Å². The van der Waals surface area contributed by atoms with Crippen molar-refractivity contribution in [1.82, 2.24) is 0 Å². The molecule has 3 N–H and O–H groups in total. The summed E-state index contributed by atoms with van der Waals surface area (Å²) in [6.45, 7) is 0. The van der Waals surface area contributed by atoms with Crippen molar-refractivity contribution in [2.24, 2.45) is 0 Å². The number of carboxylic acids is 1. The number of ether oxygens (including phenoxy) is 1. The summed E-state index contributed by atoms with van der Waals surface area (Å²) in [6.07, 6.45) is -0.122. The summed E-state index contributed by atoms with van der Waals surface area (Å²) in [7, 11) is 0. The van der Waals surface area contributed by atoms with E-state index in [-0.39, 0.29) is 6.42 Å². The fourth-order valence-electron chi connectivity index (χ4n) is 1.63. The van der Waals surface area contributed by atoms with Crippen LogP contribution in [0.25, 0.3) is 0 Å². The van der Waals surface area contributed by atoms with Crippen LogP contribution >= 0.6 is 15.9 Å². The fourth-order valence-corrected chi connectivity index (χ4v) is 1.89. The quantitative estimate of drug-likeness (QED) is 0.846. The molecule has 0 spiro atoms. The van der Waals surface area contributed by atoms with Gasteiger partial charge in [-0.05, 0) is 35.9 Å². The van der Waals surface area contributed by atoms with Crippen molar-refractivity contribution >= 4 is 27.6 Å². The number of rotatable bonds is 4. The third kappa shape index (κ3) is 3.48. The number of aliphatic carboxylic acids is 1. The zero-order valence-electron chi connectivity index (χ0n) is 9.97. The number of anilines is 1. The van der Waals surface area contributed by atoms with Crippen molar-refractivity contribution in [3.05, 3.63) is 52.5 Å². The van der Waals surface area contributed by atoms with Gasteiger partial charge in [0, 0.05) is 4.47 Å². The molecule has 0 saturated carbocycles. The van der Waals surface area contributed by atoms with Gasteiger partial charge in [-0.25, -0.2) is 0 Å². The maximum absolute atomic E-state index is 10.7. The van der Waals surface area contributed by atoms with Gasteiger partial charge in [0.25, 0.3) is 0 Å². The second kappa shape index (κ2) is 5.75. The Bertz CT molecular complexity index is 596. The highest BCUT2D eigenvalue weighted by molar-refractivity contribution is 9.10. The van der Waals surface area contributed by atoms with Gasteiger partial charge in [-0.1, -0.05) is 28.1 Å². The highest BCUT2D eigenvalue weighted by Gasteiger charge is 2.09. The van der Waals surface area contributed by atoms with Gasteiger partial charge in [0.05, 0.1) is 12.1 Å². The van der Waals surface area contributed by atoms with E-state index >= 15 is 0 Å². The Morgan fingerprint density at radius 2 is 1.89 bits per heavy atom. The van der Waals surface area contributed by atoms with Crippen LogP contribution in [0.15, 0.2) is 46.9 Å². The van der Waals surface area contributed by atoms with E-state index in [2.05, 4.69) is 15.9 Å². The number of benzene rings is 2. The molecule has 0 aromatic heterocycles. The standard InChI is InChI=1S/C14H12BrNO3/c15-10-4-6-11(7-5-10)19-12-3-1-2-9(14(12)16)8-13(17)18/h1-7H,8,16H2,(H,17,18). The highest BCUT2D eigenvalue weighted by Crippen LogP contribution is 2.30. The van der Waals surface area contributed by atoms with Gasteiger partial charge in [0.1, 0.15) is 5.75 Å². The van der Waals surface area contributed by atoms with E-state index in [0.717, 1.165) is 4.47 Å². The minimum absolute atomic E-state index is 0.122. The Kier molecular flexibility index (Phi) is 4.06. The molecule has 0 unspecified atom stereocenters. The molecule has 0 bridgehead atoms. The van der Waals surface area contributed by atoms with Crippen LogP contribution in [0, 0.1) is 0 Å². The van der Waals surface area contributed by atoms with Crippen LogP contribution in [0.2, 0.25) is 0 Å². The monoisotopic (exact) mass is 321 g/mol. The summed E-state index contributed by atoms with van der Waals surface area (Å²) in [4.78, 5) is 10.7. The largest absolute Gasteiger partial charge is 0.481 e. The summed E-state index contributed by atoms with van der Waals surface area (Å²) in [5, 5.41) is 8.80. The van der Waals surface area contributed by atoms with E-state index < -0.39 is 5.97 Å². The zero-order valence-corrected chi connectivity index (χ0v) is 11.6. The molecule has 5 heteroatoms. The molecule has 0 atom stereocenters. The van der Waals surface area contributed by atoms with Crippen molar-refractivity contribution in [2.45, 2.75) is 6.42 Å². The second-order valence-corrected chi connectivity index (χ2v) is 4.87. The van der Waals surface area contributed by atoms with Crippen molar-refractivity contribution in [3.63, 3.8) is 0 Å². The number of hydrogen-bond acceptors (Lipinski definition) is 3. The summed E-state index contributed by atoms with van der Waals surface area (Å²) in [5.74, 6) is 0.177. The predicted molar refractivity (Wildman–Crippen MR) is 76.4 cm³/mol. The highest BCUT2D eigenvalue weighted by atomic mass is 79.9. The van der Waals surface area contributed by atoms with E-state index in [1.54, 1.807) is 30.3 Å². The van der Waals surface area contributed by atoms with Gasteiger partial charge in [-0.15, -0.1) is 0 Å². The molecule has 0 saturated heterocycles. The average Bonchev–Trinajstić information content (AvgIpc) is 2.36. The summed E-state index contributed by atoms with van der Waals surface area (Å²) in [5.41, 5.74) is 6.81. The molecule has 2 aromatic carbocycles. The number of para-hydroxylation sites is 1. The molecular formula is C14H12BrNO3. The molecule has 2 rings (SSSR count). The van der Waals surface area contributed by atoms with Gasteiger partial charge in [-0.3, -0.25) is 4.79 Å². The van der Waals surface area contributed by atoms with Gasteiger partial charge in [0.15, 0.2) is 5.75 Å².